The summed E-state index contributed by atoms with van der Waals surface area (Å²) in [7, 11) is 0. The molecule has 0 fully saturated rings. The Hall–Kier alpha value is -7.16. The van der Waals surface area contributed by atoms with Gasteiger partial charge in [-0.25, -0.2) is 15.0 Å². The van der Waals surface area contributed by atoms with E-state index in [-0.39, 0.29) is 0 Å². The maximum absolute atomic E-state index is 9.68. The summed E-state index contributed by atoms with van der Waals surface area (Å²) in [4.78, 5) is 15.2. The van der Waals surface area contributed by atoms with Gasteiger partial charge in [0.05, 0.1) is 11.6 Å². The third kappa shape index (κ3) is 5.51. The molecular weight excluding hydrogens is 625 g/mol. The van der Waals surface area contributed by atoms with E-state index in [0.29, 0.717) is 23.0 Å². The highest BCUT2D eigenvalue weighted by atomic mass is 16.3. The number of nitrogens with zero attached hydrogens (tertiary/aromatic N) is 4. The Labute approximate surface area is 294 Å². The molecule has 0 spiro atoms. The predicted octanol–water partition coefficient (Wildman–Crippen LogP) is 11.6. The number of hydrogen-bond acceptors (Lipinski definition) is 5. The molecule has 51 heavy (non-hydrogen) atoms. The largest absolute Gasteiger partial charge is 0.456 e. The van der Waals surface area contributed by atoms with E-state index < -0.39 is 0 Å². The van der Waals surface area contributed by atoms with E-state index in [9.17, 15) is 5.26 Å². The van der Waals surface area contributed by atoms with Gasteiger partial charge in [-0.05, 0) is 57.6 Å². The second kappa shape index (κ2) is 12.7. The third-order valence-electron chi connectivity index (χ3n) is 9.21. The van der Waals surface area contributed by atoms with Crippen LogP contribution < -0.4 is 0 Å². The van der Waals surface area contributed by atoms with E-state index in [2.05, 4.69) is 60.7 Å². The van der Waals surface area contributed by atoms with Gasteiger partial charge >= 0.3 is 0 Å². The fourth-order valence-corrected chi connectivity index (χ4v) is 6.74. The van der Waals surface area contributed by atoms with Crippen LogP contribution in [0.5, 0.6) is 0 Å². The summed E-state index contributed by atoms with van der Waals surface area (Å²) in [5.74, 6) is 1.67. The van der Waals surface area contributed by atoms with Gasteiger partial charge < -0.3 is 4.42 Å². The molecule has 5 nitrogen and oxygen atoms in total. The third-order valence-corrected chi connectivity index (χ3v) is 9.21. The normalized spacial score (nSPS) is 11.1. The maximum Gasteiger partial charge on any atom is 0.164 e. The molecule has 2 heterocycles. The first-order chi connectivity index (χ1) is 25.2. The van der Waals surface area contributed by atoms with E-state index >= 15 is 0 Å². The van der Waals surface area contributed by atoms with Crippen LogP contribution in [-0.4, -0.2) is 15.0 Å². The van der Waals surface area contributed by atoms with Gasteiger partial charge in [-0.3, -0.25) is 0 Å². The van der Waals surface area contributed by atoms with Gasteiger partial charge in [0.15, 0.2) is 17.5 Å². The zero-order valence-electron chi connectivity index (χ0n) is 27.4. The first kappa shape index (κ1) is 29.9. The second-order valence-electron chi connectivity index (χ2n) is 12.3. The molecule has 7 aromatic carbocycles. The summed E-state index contributed by atoms with van der Waals surface area (Å²) < 4.78 is 6.58. The van der Waals surface area contributed by atoms with Crippen LogP contribution in [0.3, 0.4) is 0 Å². The van der Waals surface area contributed by atoms with Crippen molar-refractivity contribution in [2.75, 3.05) is 0 Å². The monoisotopic (exact) mass is 652 g/mol. The molecule has 0 radical (unpaired) electrons. The number of fused-ring (bicyclic) bond motifs is 3. The van der Waals surface area contributed by atoms with Crippen molar-refractivity contribution in [3.63, 3.8) is 0 Å². The summed E-state index contributed by atoms with van der Waals surface area (Å²) in [6.07, 6.45) is 0. The molecule has 0 atom stereocenters. The number of aromatic nitrogens is 3. The van der Waals surface area contributed by atoms with Gasteiger partial charge in [0.25, 0.3) is 0 Å². The fourth-order valence-electron chi connectivity index (χ4n) is 6.74. The lowest BCUT2D eigenvalue weighted by atomic mass is 9.94. The van der Waals surface area contributed by atoms with Gasteiger partial charge in [0.2, 0.25) is 0 Å². The highest BCUT2D eigenvalue weighted by Crippen LogP contribution is 2.42. The summed E-state index contributed by atoms with van der Waals surface area (Å²) in [5, 5.41) is 11.8. The lowest BCUT2D eigenvalue weighted by molar-refractivity contribution is 0.669. The predicted molar refractivity (Wildman–Crippen MR) is 204 cm³/mol. The standard InChI is InChI=1S/C46H28N4O/c47-29-35-19-10-11-20-36(35)32-23-25-34(26-24-32)45-48-44(33-17-8-3-9-18-33)49-46(50-45)39-28-42-40(27-38(39)31-15-6-2-7-16-31)43-37(21-12-22-41(43)51-42)30-13-4-1-5-14-30/h1-28H. The van der Waals surface area contributed by atoms with Crippen LogP contribution in [0.2, 0.25) is 0 Å². The molecule has 0 aliphatic rings. The molecule has 5 heteroatoms. The van der Waals surface area contributed by atoms with Crippen LogP contribution >= 0.6 is 0 Å². The molecular formula is C46H28N4O. The van der Waals surface area contributed by atoms with Crippen molar-refractivity contribution in [3.05, 3.63) is 175 Å². The first-order valence-corrected chi connectivity index (χ1v) is 16.8. The van der Waals surface area contributed by atoms with Crippen molar-refractivity contribution in [1.29, 1.82) is 5.26 Å². The van der Waals surface area contributed by atoms with Crippen LogP contribution in [0.15, 0.2) is 174 Å². The Morgan fingerprint density at radius 2 is 0.902 bits per heavy atom. The zero-order chi connectivity index (χ0) is 34.1. The van der Waals surface area contributed by atoms with Crippen LogP contribution in [0.1, 0.15) is 5.56 Å². The molecule has 2 aromatic heterocycles. The molecule has 0 amide bonds. The van der Waals surface area contributed by atoms with Gasteiger partial charge in [-0.15, -0.1) is 0 Å². The highest BCUT2D eigenvalue weighted by molar-refractivity contribution is 6.14. The molecule has 238 valence electrons. The Kier molecular flexibility index (Phi) is 7.46. The van der Waals surface area contributed by atoms with Crippen LogP contribution in [0.4, 0.5) is 0 Å². The van der Waals surface area contributed by atoms with E-state index in [1.54, 1.807) is 0 Å². The molecule has 0 aliphatic carbocycles. The summed E-state index contributed by atoms with van der Waals surface area (Å²) in [5.41, 5.74) is 10.9. The number of benzene rings is 7. The van der Waals surface area contributed by atoms with E-state index in [4.69, 9.17) is 19.4 Å². The summed E-state index contributed by atoms with van der Waals surface area (Å²) in [6, 6.07) is 59.2. The first-order valence-electron chi connectivity index (χ1n) is 16.8. The van der Waals surface area contributed by atoms with Crippen molar-refractivity contribution in [3.8, 4) is 73.6 Å². The Morgan fingerprint density at radius 3 is 1.57 bits per heavy atom. The molecule has 9 aromatic rings. The Morgan fingerprint density at radius 1 is 0.392 bits per heavy atom. The van der Waals surface area contributed by atoms with Crippen molar-refractivity contribution < 1.29 is 4.42 Å². The molecule has 0 N–H and O–H groups in total. The SMILES string of the molecule is N#Cc1ccccc1-c1ccc(-c2nc(-c3ccccc3)nc(-c3cc4oc5cccc(-c6ccccc6)c5c4cc3-c3ccccc3)n2)cc1. The smallest absolute Gasteiger partial charge is 0.164 e. The second-order valence-corrected chi connectivity index (χ2v) is 12.3. The van der Waals surface area contributed by atoms with E-state index in [1.165, 1.54) is 0 Å². The Balaban J connectivity index is 1.27. The minimum Gasteiger partial charge on any atom is -0.456 e. The molecule has 0 aliphatic heterocycles. The van der Waals surface area contributed by atoms with Crippen LogP contribution in [0.25, 0.3) is 89.5 Å². The maximum atomic E-state index is 9.68. The van der Waals surface area contributed by atoms with Crippen molar-refractivity contribution in [1.82, 2.24) is 15.0 Å². The van der Waals surface area contributed by atoms with Gasteiger partial charge in [-0.2, -0.15) is 5.26 Å². The number of rotatable bonds is 6. The van der Waals surface area contributed by atoms with Crippen molar-refractivity contribution in [2.45, 2.75) is 0 Å². The topological polar surface area (TPSA) is 75.6 Å². The van der Waals surface area contributed by atoms with Gasteiger partial charge in [0.1, 0.15) is 11.2 Å². The molecule has 0 saturated carbocycles. The summed E-state index contributed by atoms with van der Waals surface area (Å²) in [6.45, 7) is 0. The molecule has 0 unspecified atom stereocenters. The van der Waals surface area contributed by atoms with Crippen molar-refractivity contribution in [2.24, 2.45) is 0 Å². The van der Waals surface area contributed by atoms with Crippen LogP contribution in [0, 0.1) is 11.3 Å². The molecule has 0 bridgehead atoms. The average Bonchev–Trinajstić information content (AvgIpc) is 3.59. The minimum atomic E-state index is 0.544. The van der Waals surface area contributed by atoms with Crippen LogP contribution in [-0.2, 0) is 0 Å². The number of furan rings is 1. The van der Waals surface area contributed by atoms with Crippen molar-refractivity contribution >= 4 is 21.9 Å². The quantitative estimate of drug-likeness (QED) is 0.179. The Bertz CT molecular complexity index is 2730. The van der Waals surface area contributed by atoms with Gasteiger partial charge in [-0.1, -0.05) is 146 Å². The molecule has 0 saturated heterocycles. The van der Waals surface area contributed by atoms with E-state index in [0.717, 1.165) is 72.0 Å². The highest BCUT2D eigenvalue weighted by Gasteiger charge is 2.20. The number of hydrogen-bond donors (Lipinski definition) is 0. The lowest BCUT2D eigenvalue weighted by Gasteiger charge is -2.13. The lowest BCUT2D eigenvalue weighted by Crippen LogP contribution is -2.01. The minimum absolute atomic E-state index is 0.544. The summed E-state index contributed by atoms with van der Waals surface area (Å²) >= 11 is 0. The number of nitriles is 1. The molecule has 9 rings (SSSR count). The zero-order valence-corrected chi connectivity index (χ0v) is 27.4. The fraction of sp³-hybridized carbons (Fsp3) is 0. The van der Waals surface area contributed by atoms with E-state index in [1.807, 2.05) is 115 Å². The van der Waals surface area contributed by atoms with Gasteiger partial charge in [0, 0.05) is 27.5 Å². The average molecular weight is 653 g/mol.